The molecule has 88 valence electrons. The maximum absolute atomic E-state index is 11.2. The van der Waals surface area contributed by atoms with Gasteiger partial charge in [-0.25, -0.2) is 4.79 Å². The molecule has 0 aromatic rings. The quantitative estimate of drug-likeness (QED) is 0.765. The number of hydrogen-bond donors (Lipinski definition) is 1. The van der Waals surface area contributed by atoms with Crippen LogP contribution in [0.2, 0.25) is 0 Å². The molecule has 0 aromatic carbocycles. The third-order valence-electron chi connectivity index (χ3n) is 3.58. The van der Waals surface area contributed by atoms with Gasteiger partial charge in [-0.05, 0) is 32.9 Å². The predicted molar refractivity (Wildman–Crippen MR) is 57.9 cm³/mol. The van der Waals surface area contributed by atoms with E-state index >= 15 is 0 Å². The van der Waals surface area contributed by atoms with E-state index in [0.717, 1.165) is 32.5 Å². The smallest absolute Gasteiger partial charge is 0.336 e. The maximum atomic E-state index is 11.2. The zero-order chi connectivity index (χ0) is 11.5. The van der Waals surface area contributed by atoms with Crippen LogP contribution in [-0.2, 0) is 9.53 Å². The van der Waals surface area contributed by atoms with Crippen LogP contribution >= 0.6 is 0 Å². The van der Waals surface area contributed by atoms with Crippen LogP contribution in [0.25, 0.3) is 0 Å². The average Bonchev–Trinajstić information content (AvgIpc) is 2.27. The van der Waals surface area contributed by atoms with Crippen LogP contribution in [0.4, 0.5) is 0 Å². The van der Waals surface area contributed by atoms with Crippen LogP contribution in [0.15, 0.2) is 0 Å². The Labute approximate surface area is 91.2 Å². The van der Waals surface area contributed by atoms with Gasteiger partial charge in [0.1, 0.15) is 0 Å². The van der Waals surface area contributed by atoms with Crippen molar-refractivity contribution in [2.24, 2.45) is 5.92 Å². The largest absolute Gasteiger partial charge is 0.479 e. The first-order valence-corrected chi connectivity index (χ1v) is 5.55. The molecule has 1 N–H and O–H groups in total. The van der Waals surface area contributed by atoms with Crippen molar-refractivity contribution in [2.45, 2.75) is 32.3 Å². The van der Waals surface area contributed by atoms with Crippen molar-refractivity contribution < 1.29 is 14.6 Å². The topological polar surface area (TPSA) is 49.8 Å². The number of carbonyl (C=O) groups is 1. The predicted octanol–water partition coefficient (Wildman–Crippen LogP) is 1.21. The van der Waals surface area contributed by atoms with Gasteiger partial charge in [0.15, 0.2) is 5.60 Å². The highest BCUT2D eigenvalue weighted by atomic mass is 16.5. The Morgan fingerprint density at radius 1 is 1.67 bits per heavy atom. The highest BCUT2D eigenvalue weighted by Gasteiger charge is 2.43. The number of nitrogens with zero attached hydrogens (tertiary/aromatic N) is 1. The fourth-order valence-electron chi connectivity index (χ4n) is 2.22. The van der Waals surface area contributed by atoms with Gasteiger partial charge in [0.25, 0.3) is 0 Å². The van der Waals surface area contributed by atoms with Gasteiger partial charge in [-0.2, -0.15) is 0 Å². The highest BCUT2D eigenvalue weighted by Crippen LogP contribution is 2.29. The number of likely N-dealkylation sites (tertiary alicyclic amines) is 1. The maximum Gasteiger partial charge on any atom is 0.336 e. The summed E-state index contributed by atoms with van der Waals surface area (Å²) in [6.45, 7) is 6.67. The molecule has 1 heterocycles. The second-order valence-electron chi connectivity index (χ2n) is 4.35. The van der Waals surface area contributed by atoms with E-state index in [4.69, 9.17) is 4.74 Å². The zero-order valence-electron chi connectivity index (χ0n) is 9.82. The van der Waals surface area contributed by atoms with Gasteiger partial charge in [0, 0.05) is 19.6 Å². The van der Waals surface area contributed by atoms with E-state index in [0.29, 0.717) is 0 Å². The summed E-state index contributed by atoms with van der Waals surface area (Å²) in [6.07, 6.45) is 2.00. The SMILES string of the molecule is CCN1CCCC(C(C)(OC)C(=O)O)C1. The number of methoxy groups -OCH3 is 1. The monoisotopic (exact) mass is 215 g/mol. The second kappa shape index (κ2) is 4.94. The Hall–Kier alpha value is -0.610. The lowest BCUT2D eigenvalue weighted by Crippen LogP contribution is -2.51. The van der Waals surface area contributed by atoms with E-state index in [1.54, 1.807) is 6.92 Å². The minimum atomic E-state index is -1.03. The van der Waals surface area contributed by atoms with Gasteiger partial charge >= 0.3 is 5.97 Å². The summed E-state index contributed by atoms with van der Waals surface area (Å²) in [5.74, 6) is -0.762. The molecule has 1 rings (SSSR count). The molecule has 2 atom stereocenters. The molecular weight excluding hydrogens is 194 g/mol. The van der Waals surface area contributed by atoms with Crippen molar-refractivity contribution in [3.63, 3.8) is 0 Å². The van der Waals surface area contributed by atoms with Crippen LogP contribution in [-0.4, -0.2) is 48.3 Å². The van der Waals surface area contributed by atoms with Gasteiger partial charge in [-0.1, -0.05) is 6.92 Å². The van der Waals surface area contributed by atoms with Crippen LogP contribution in [0.1, 0.15) is 26.7 Å². The van der Waals surface area contributed by atoms with Gasteiger partial charge in [-0.3, -0.25) is 0 Å². The first-order chi connectivity index (χ1) is 7.04. The van der Waals surface area contributed by atoms with Crippen molar-refractivity contribution >= 4 is 5.97 Å². The Morgan fingerprint density at radius 3 is 2.80 bits per heavy atom. The first kappa shape index (κ1) is 12.5. The molecule has 0 aliphatic carbocycles. The minimum absolute atomic E-state index is 0.0914. The van der Waals surface area contributed by atoms with Gasteiger partial charge < -0.3 is 14.7 Å². The van der Waals surface area contributed by atoms with E-state index in [2.05, 4.69) is 11.8 Å². The molecule has 0 amide bonds. The molecule has 0 aromatic heterocycles. The lowest BCUT2D eigenvalue weighted by atomic mass is 9.82. The fraction of sp³-hybridized carbons (Fsp3) is 0.909. The molecule has 4 heteroatoms. The standard InChI is InChI=1S/C11H21NO3/c1-4-12-7-5-6-9(8-12)11(2,15-3)10(13)14/h9H,4-8H2,1-3H3,(H,13,14). The number of aliphatic carboxylic acids is 1. The summed E-state index contributed by atoms with van der Waals surface area (Å²) in [5.41, 5.74) is -1.03. The summed E-state index contributed by atoms with van der Waals surface area (Å²) in [5, 5.41) is 9.20. The minimum Gasteiger partial charge on any atom is -0.479 e. The van der Waals surface area contributed by atoms with E-state index in [1.807, 2.05) is 0 Å². The van der Waals surface area contributed by atoms with Crippen molar-refractivity contribution in [1.29, 1.82) is 0 Å². The van der Waals surface area contributed by atoms with Crippen molar-refractivity contribution in [1.82, 2.24) is 4.90 Å². The van der Waals surface area contributed by atoms with E-state index in [1.165, 1.54) is 7.11 Å². The summed E-state index contributed by atoms with van der Waals surface area (Å²) < 4.78 is 5.21. The lowest BCUT2D eigenvalue weighted by Gasteiger charge is -2.39. The second-order valence-corrected chi connectivity index (χ2v) is 4.35. The Kier molecular flexibility index (Phi) is 4.11. The molecule has 1 fully saturated rings. The molecular formula is C11H21NO3. The molecule has 0 radical (unpaired) electrons. The van der Waals surface area contributed by atoms with Gasteiger partial charge in [0.05, 0.1) is 0 Å². The summed E-state index contributed by atoms with van der Waals surface area (Å²) in [7, 11) is 1.49. The van der Waals surface area contributed by atoms with Crippen LogP contribution < -0.4 is 0 Å². The van der Waals surface area contributed by atoms with Crippen molar-refractivity contribution in [3.8, 4) is 0 Å². The van der Waals surface area contributed by atoms with E-state index in [-0.39, 0.29) is 5.92 Å². The lowest BCUT2D eigenvalue weighted by molar-refractivity contribution is -0.169. The normalized spacial score (nSPS) is 27.3. The van der Waals surface area contributed by atoms with Crippen molar-refractivity contribution in [3.05, 3.63) is 0 Å². The molecule has 4 nitrogen and oxygen atoms in total. The molecule has 2 unspecified atom stereocenters. The number of carboxylic acids is 1. The fourth-order valence-corrected chi connectivity index (χ4v) is 2.22. The molecule has 1 saturated heterocycles. The summed E-state index contributed by atoms with van der Waals surface area (Å²) >= 11 is 0. The van der Waals surface area contributed by atoms with E-state index < -0.39 is 11.6 Å². The molecule has 0 spiro atoms. The van der Waals surface area contributed by atoms with Crippen LogP contribution in [0.5, 0.6) is 0 Å². The summed E-state index contributed by atoms with van der Waals surface area (Å²) in [4.78, 5) is 13.5. The average molecular weight is 215 g/mol. The number of carboxylic acid groups (broad SMARTS) is 1. The highest BCUT2D eigenvalue weighted by molar-refractivity contribution is 5.77. The zero-order valence-corrected chi connectivity index (χ0v) is 9.82. The third-order valence-corrected chi connectivity index (χ3v) is 3.58. The first-order valence-electron chi connectivity index (χ1n) is 5.55. The number of ether oxygens (including phenoxy) is 1. The third kappa shape index (κ3) is 2.49. The summed E-state index contributed by atoms with van der Waals surface area (Å²) in [6, 6.07) is 0. The Bertz CT molecular complexity index is 232. The van der Waals surface area contributed by atoms with Gasteiger partial charge in [0.2, 0.25) is 0 Å². The number of rotatable bonds is 4. The van der Waals surface area contributed by atoms with E-state index in [9.17, 15) is 9.90 Å². The van der Waals surface area contributed by atoms with Gasteiger partial charge in [-0.15, -0.1) is 0 Å². The Balaban J connectivity index is 2.72. The number of hydrogen-bond acceptors (Lipinski definition) is 3. The molecule has 15 heavy (non-hydrogen) atoms. The van der Waals surface area contributed by atoms with Crippen molar-refractivity contribution in [2.75, 3.05) is 26.7 Å². The molecule has 1 aliphatic rings. The molecule has 0 bridgehead atoms. The number of piperidine rings is 1. The Morgan fingerprint density at radius 2 is 2.33 bits per heavy atom. The van der Waals surface area contributed by atoms with Crippen LogP contribution in [0, 0.1) is 5.92 Å². The van der Waals surface area contributed by atoms with Crippen LogP contribution in [0.3, 0.4) is 0 Å². The molecule has 1 aliphatic heterocycles. The molecule has 0 saturated carbocycles.